The Bertz CT molecular complexity index is 987. The number of fused-ring (bicyclic) bond motifs is 1. The van der Waals surface area contributed by atoms with E-state index in [9.17, 15) is 19.8 Å². The zero-order chi connectivity index (χ0) is 25.5. The maximum atomic E-state index is 13.6. The van der Waals surface area contributed by atoms with Crippen LogP contribution in [0.5, 0.6) is 0 Å². The van der Waals surface area contributed by atoms with Crippen LogP contribution in [0, 0.1) is 29.6 Å². The Morgan fingerprint density at radius 2 is 2.00 bits per heavy atom. The summed E-state index contributed by atoms with van der Waals surface area (Å²) in [6.07, 6.45) is 14.6. The largest absolute Gasteiger partial charge is 0.481 e. The van der Waals surface area contributed by atoms with Gasteiger partial charge in [-0.15, -0.1) is 0 Å². The van der Waals surface area contributed by atoms with Gasteiger partial charge in [-0.25, -0.2) is 0 Å². The van der Waals surface area contributed by atoms with Crippen LogP contribution in [-0.2, 0) is 4.79 Å². The third-order valence-corrected chi connectivity index (χ3v) is 7.62. The van der Waals surface area contributed by atoms with Crippen molar-refractivity contribution in [2.24, 2.45) is 29.6 Å². The van der Waals surface area contributed by atoms with Gasteiger partial charge < -0.3 is 20.3 Å². The third kappa shape index (κ3) is 6.71. The number of aliphatic carboxylic acids is 1. The Morgan fingerprint density at radius 3 is 2.66 bits per heavy atom. The van der Waals surface area contributed by atoms with E-state index in [1.807, 2.05) is 26.0 Å². The number of carbonyl (C=O) groups excluding carboxylic acids is 1. The second-order valence-corrected chi connectivity index (χ2v) is 10.1. The van der Waals surface area contributed by atoms with Crippen molar-refractivity contribution in [2.45, 2.75) is 65.1 Å². The molecular formula is C29H39NO5. The van der Waals surface area contributed by atoms with Gasteiger partial charge in [0.2, 0.25) is 0 Å². The summed E-state index contributed by atoms with van der Waals surface area (Å²) < 4.78 is 0. The highest BCUT2D eigenvalue weighted by molar-refractivity contribution is 5.97. The molecule has 0 aliphatic heterocycles. The van der Waals surface area contributed by atoms with E-state index in [0.717, 1.165) is 24.0 Å². The van der Waals surface area contributed by atoms with Crippen molar-refractivity contribution in [1.29, 1.82) is 0 Å². The van der Waals surface area contributed by atoms with Crippen molar-refractivity contribution >= 4 is 11.8 Å². The molecule has 1 saturated carbocycles. The standard InChI is InChI=1S/C29H39NO5/c1-4-20(28(34)19(3)8-5-6-9-22(31)17-26(32)33)16-21-12-14-23-18(2)11-13-24(23)27(21)29(35)25-10-7-15-30-25/h5-8,10,12,14-16,18,21-24,27-28,30-31,34H,4,9,11,13,17H2,1-3H3,(H,32,33). The summed E-state index contributed by atoms with van der Waals surface area (Å²) in [4.78, 5) is 27.3. The highest BCUT2D eigenvalue weighted by atomic mass is 16.4. The first-order chi connectivity index (χ1) is 16.7. The summed E-state index contributed by atoms with van der Waals surface area (Å²) in [5, 5.41) is 29.5. The summed E-state index contributed by atoms with van der Waals surface area (Å²) in [5.74, 6) is 0.181. The second kappa shape index (κ2) is 12.3. The lowest BCUT2D eigenvalue weighted by atomic mass is 9.67. The highest BCUT2D eigenvalue weighted by Crippen LogP contribution is 2.49. The monoisotopic (exact) mass is 481 g/mol. The molecule has 7 atom stereocenters. The van der Waals surface area contributed by atoms with Crippen LogP contribution in [0.15, 0.2) is 65.9 Å². The zero-order valence-corrected chi connectivity index (χ0v) is 20.9. The number of Topliss-reactive ketones (excluding diaryl/α,β-unsaturated/α-hetero) is 1. The lowest BCUT2D eigenvalue weighted by molar-refractivity contribution is -0.139. The van der Waals surface area contributed by atoms with Gasteiger partial charge in [-0.3, -0.25) is 9.59 Å². The number of ketones is 1. The molecule has 6 heteroatoms. The Hall–Kier alpha value is -2.70. The molecule has 0 saturated heterocycles. The average molecular weight is 482 g/mol. The van der Waals surface area contributed by atoms with E-state index in [-0.39, 0.29) is 30.5 Å². The minimum absolute atomic E-state index is 0.0727. The van der Waals surface area contributed by atoms with Gasteiger partial charge in [-0.05, 0) is 73.6 Å². The van der Waals surface area contributed by atoms with Gasteiger partial charge in [-0.2, -0.15) is 0 Å². The molecule has 1 fully saturated rings. The molecule has 190 valence electrons. The number of carbonyl (C=O) groups is 2. The fourth-order valence-corrected chi connectivity index (χ4v) is 5.64. The maximum absolute atomic E-state index is 13.6. The van der Waals surface area contributed by atoms with Crippen LogP contribution in [0.2, 0.25) is 0 Å². The predicted octanol–water partition coefficient (Wildman–Crippen LogP) is 5.09. The normalized spacial score (nSPS) is 28.8. The van der Waals surface area contributed by atoms with Gasteiger partial charge >= 0.3 is 5.97 Å². The predicted molar refractivity (Wildman–Crippen MR) is 137 cm³/mol. The van der Waals surface area contributed by atoms with Gasteiger partial charge in [0, 0.05) is 18.0 Å². The summed E-state index contributed by atoms with van der Waals surface area (Å²) in [5.41, 5.74) is 2.27. The first kappa shape index (κ1) is 26.9. The number of aromatic amines is 1. The Kier molecular flexibility index (Phi) is 9.47. The molecule has 2 aliphatic carbocycles. The molecule has 0 radical (unpaired) electrons. The molecule has 6 nitrogen and oxygen atoms in total. The van der Waals surface area contributed by atoms with Crippen LogP contribution in [0.3, 0.4) is 0 Å². The van der Waals surface area contributed by atoms with Crippen LogP contribution in [0.4, 0.5) is 0 Å². The first-order valence-corrected chi connectivity index (χ1v) is 12.7. The molecule has 35 heavy (non-hydrogen) atoms. The van der Waals surface area contributed by atoms with Crippen molar-refractivity contribution in [3.8, 4) is 0 Å². The van der Waals surface area contributed by atoms with Gasteiger partial charge in [0.1, 0.15) is 0 Å². The molecule has 2 aliphatic rings. The molecule has 0 bridgehead atoms. The molecule has 4 N–H and O–H groups in total. The molecule has 7 unspecified atom stereocenters. The molecule has 0 spiro atoms. The van der Waals surface area contributed by atoms with E-state index in [0.29, 0.717) is 29.9 Å². The first-order valence-electron chi connectivity index (χ1n) is 12.7. The van der Waals surface area contributed by atoms with Crippen molar-refractivity contribution in [3.63, 3.8) is 0 Å². The highest BCUT2D eigenvalue weighted by Gasteiger charge is 2.45. The fourth-order valence-electron chi connectivity index (χ4n) is 5.64. The van der Waals surface area contributed by atoms with Crippen LogP contribution in [-0.4, -0.2) is 44.3 Å². The SMILES string of the molecule is CCC(=CC1C=CC2C(C)CCC2C1C(=O)c1ccc[nH]1)C(O)C(C)=CC=CCC(O)CC(=O)O. The van der Waals surface area contributed by atoms with E-state index < -0.39 is 18.2 Å². The number of rotatable bonds is 11. The number of allylic oxidation sites excluding steroid dienone is 5. The lowest BCUT2D eigenvalue weighted by Gasteiger charge is -2.36. The minimum Gasteiger partial charge on any atom is -0.481 e. The number of carboxylic acid groups (broad SMARTS) is 1. The molecular weight excluding hydrogens is 442 g/mol. The number of carboxylic acids is 1. The van der Waals surface area contributed by atoms with Gasteiger partial charge in [0.05, 0.1) is 24.3 Å². The topological polar surface area (TPSA) is 111 Å². The lowest BCUT2D eigenvalue weighted by Crippen LogP contribution is -2.35. The maximum Gasteiger partial charge on any atom is 0.305 e. The number of hydrogen-bond acceptors (Lipinski definition) is 4. The van der Waals surface area contributed by atoms with Crippen molar-refractivity contribution in [2.75, 3.05) is 0 Å². The van der Waals surface area contributed by atoms with E-state index >= 15 is 0 Å². The number of aliphatic hydroxyl groups is 2. The Morgan fingerprint density at radius 1 is 1.23 bits per heavy atom. The van der Waals surface area contributed by atoms with E-state index in [1.54, 1.807) is 24.4 Å². The molecule has 1 heterocycles. The van der Waals surface area contributed by atoms with E-state index in [1.165, 1.54) is 0 Å². The Labute approximate surface area is 208 Å². The number of aromatic nitrogens is 1. The minimum atomic E-state index is -1.03. The van der Waals surface area contributed by atoms with E-state index in [4.69, 9.17) is 5.11 Å². The smallest absolute Gasteiger partial charge is 0.305 e. The van der Waals surface area contributed by atoms with E-state index in [2.05, 4.69) is 30.1 Å². The number of nitrogens with one attached hydrogen (secondary N) is 1. The van der Waals surface area contributed by atoms with Crippen LogP contribution >= 0.6 is 0 Å². The number of H-pyrrole nitrogens is 1. The summed E-state index contributed by atoms with van der Waals surface area (Å²) in [6.45, 7) is 6.12. The summed E-state index contributed by atoms with van der Waals surface area (Å²) >= 11 is 0. The van der Waals surface area contributed by atoms with Gasteiger partial charge in [0.15, 0.2) is 5.78 Å². The number of hydrogen-bond donors (Lipinski definition) is 4. The van der Waals surface area contributed by atoms with Gasteiger partial charge in [0.25, 0.3) is 0 Å². The summed E-state index contributed by atoms with van der Waals surface area (Å²) in [7, 11) is 0. The van der Waals surface area contributed by atoms with Crippen LogP contribution in [0.1, 0.15) is 63.4 Å². The molecule has 1 aromatic rings. The quantitative estimate of drug-likeness (QED) is 0.200. The van der Waals surface area contributed by atoms with Crippen LogP contribution < -0.4 is 0 Å². The molecule has 0 aromatic carbocycles. The second-order valence-electron chi connectivity index (χ2n) is 10.1. The van der Waals surface area contributed by atoms with Crippen molar-refractivity contribution in [1.82, 2.24) is 4.98 Å². The van der Waals surface area contributed by atoms with Crippen molar-refractivity contribution in [3.05, 3.63) is 71.6 Å². The molecule has 3 rings (SSSR count). The number of aliphatic hydroxyl groups excluding tert-OH is 2. The van der Waals surface area contributed by atoms with Crippen molar-refractivity contribution < 1.29 is 24.9 Å². The molecule has 1 aromatic heterocycles. The third-order valence-electron chi connectivity index (χ3n) is 7.62. The average Bonchev–Trinajstić information content (AvgIpc) is 3.49. The Balaban J connectivity index is 1.79. The van der Waals surface area contributed by atoms with Crippen LogP contribution in [0.25, 0.3) is 0 Å². The zero-order valence-electron chi connectivity index (χ0n) is 20.9. The fraction of sp³-hybridized carbons (Fsp3) is 0.517. The molecule has 0 amide bonds. The van der Waals surface area contributed by atoms with Gasteiger partial charge in [-0.1, -0.05) is 50.3 Å². The summed E-state index contributed by atoms with van der Waals surface area (Å²) in [6, 6.07) is 3.70.